The van der Waals surface area contributed by atoms with Gasteiger partial charge in [0, 0.05) is 51.7 Å². The smallest absolute Gasteiger partial charge is 0.243 e. The topological polar surface area (TPSA) is 86.7 Å². The van der Waals surface area contributed by atoms with Crippen LogP contribution in [0.15, 0.2) is 65.8 Å². The van der Waals surface area contributed by atoms with Crippen molar-refractivity contribution in [1.82, 2.24) is 19.2 Å². The number of hydrogen-bond acceptors (Lipinski definition) is 6. The molecule has 0 saturated carbocycles. The maximum atomic E-state index is 13.2. The molecule has 172 valence electrons. The Hall–Kier alpha value is -3.04. The predicted molar refractivity (Wildman–Crippen MR) is 126 cm³/mol. The van der Waals surface area contributed by atoms with Gasteiger partial charge in [-0.2, -0.15) is 4.31 Å². The highest BCUT2D eigenvalue weighted by molar-refractivity contribution is 7.89. The molecule has 2 aliphatic rings. The number of aromatic nitrogens is 2. The number of carbonyl (C=O) groups excluding carboxylic acids is 1. The zero-order valence-corrected chi connectivity index (χ0v) is 19.2. The van der Waals surface area contributed by atoms with Crippen molar-refractivity contribution in [2.75, 3.05) is 44.2 Å². The average molecular weight is 466 g/mol. The molecular weight excluding hydrogens is 438 g/mol. The first-order valence-corrected chi connectivity index (χ1v) is 12.8. The van der Waals surface area contributed by atoms with E-state index in [2.05, 4.69) is 14.9 Å². The molecule has 1 amide bonds. The zero-order chi connectivity index (χ0) is 22.8. The van der Waals surface area contributed by atoms with E-state index in [1.807, 2.05) is 35.2 Å². The van der Waals surface area contributed by atoms with Crippen molar-refractivity contribution in [1.29, 1.82) is 0 Å². The SMILES string of the molecule is O=C(C1CCCN(c2ncccn2)C1)N1CCN(S(=O)(=O)c2ccc3ccccc3c2)CC1. The highest BCUT2D eigenvalue weighted by Gasteiger charge is 2.34. The fourth-order valence-corrected chi connectivity index (χ4v) is 6.16. The van der Waals surface area contributed by atoms with Crippen molar-refractivity contribution in [3.8, 4) is 0 Å². The standard InChI is InChI=1S/C24H27N5O3S/c30-23(21-7-3-12-28(18-21)24-25-10-4-11-26-24)27-13-15-29(16-14-27)33(31,32)22-9-8-19-5-1-2-6-20(19)17-22/h1-2,4-6,8-11,17,21H,3,7,12-16,18H2. The van der Waals surface area contributed by atoms with E-state index in [4.69, 9.17) is 0 Å². The van der Waals surface area contributed by atoms with Crippen molar-refractivity contribution in [2.45, 2.75) is 17.7 Å². The minimum absolute atomic E-state index is 0.0957. The molecule has 3 aromatic rings. The van der Waals surface area contributed by atoms with Crippen LogP contribution in [0.4, 0.5) is 5.95 Å². The van der Waals surface area contributed by atoms with Crippen molar-refractivity contribution < 1.29 is 13.2 Å². The number of anilines is 1. The van der Waals surface area contributed by atoms with Crippen LogP contribution in [0.2, 0.25) is 0 Å². The molecule has 2 aliphatic heterocycles. The van der Waals surface area contributed by atoms with Crippen LogP contribution in [0.25, 0.3) is 10.8 Å². The van der Waals surface area contributed by atoms with Crippen molar-refractivity contribution in [3.63, 3.8) is 0 Å². The molecule has 2 aromatic carbocycles. The quantitative estimate of drug-likeness (QED) is 0.588. The number of benzene rings is 2. The minimum atomic E-state index is -3.60. The number of nitrogens with zero attached hydrogens (tertiary/aromatic N) is 5. The van der Waals surface area contributed by atoms with E-state index in [0.717, 1.165) is 30.2 Å². The van der Waals surface area contributed by atoms with Crippen LogP contribution >= 0.6 is 0 Å². The van der Waals surface area contributed by atoms with Crippen molar-refractivity contribution >= 4 is 32.7 Å². The maximum Gasteiger partial charge on any atom is 0.243 e. The van der Waals surface area contributed by atoms with Gasteiger partial charge in [0.05, 0.1) is 10.8 Å². The second-order valence-corrected chi connectivity index (χ2v) is 10.5. The van der Waals surface area contributed by atoms with E-state index in [-0.39, 0.29) is 11.8 Å². The Bertz CT molecular complexity index is 1240. The summed E-state index contributed by atoms with van der Waals surface area (Å²) in [5, 5.41) is 1.91. The molecule has 1 unspecified atom stereocenters. The maximum absolute atomic E-state index is 13.2. The summed E-state index contributed by atoms with van der Waals surface area (Å²) in [7, 11) is -3.60. The molecular formula is C24H27N5O3S. The molecule has 2 saturated heterocycles. The van der Waals surface area contributed by atoms with Crippen LogP contribution in [0.3, 0.4) is 0 Å². The first-order valence-electron chi connectivity index (χ1n) is 11.3. The Morgan fingerprint density at radius 2 is 1.61 bits per heavy atom. The Morgan fingerprint density at radius 3 is 2.36 bits per heavy atom. The van der Waals surface area contributed by atoms with Gasteiger partial charge in [0.15, 0.2) is 0 Å². The van der Waals surface area contributed by atoms with Gasteiger partial charge in [0.1, 0.15) is 0 Å². The largest absolute Gasteiger partial charge is 0.340 e. The summed E-state index contributed by atoms with van der Waals surface area (Å²) in [6.07, 6.45) is 5.16. The van der Waals surface area contributed by atoms with Gasteiger partial charge < -0.3 is 9.80 Å². The van der Waals surface area contributed by atoms with Gasteiger partial charge in [-0.1, -0.05) is 30.3 Å². The molecule has 0 radical (unpaired) electrons. The fourth-order valence-electron chi connectivity index (χ4n) is 4.70. The molecule has 2 fully saturated rings. The zero-order valence-electron chi connectivity index (χ0n) is 18.4. The van der Waals surface area contributed by atoms with Gasteiger partial charge in [-0.25, -0.2) is 18.4 Å². The van der Waals surface area contributed by atoms with Gasteiger partial charge in [-0.15, -0.1) is 0 Å². The van der Waals surface area contributed by atoms with Crippen LogP contribution in [0, 0.1) is 5.92 Å². The van der Waals surface area contributed by atoms with E-state index in [1.54, 1.807) is 30.6 Å². The number of piperazine rings is 1. The molecule has 1 atom stereocenters. The number of piperidine rings is 1. The molecule has 5 rings (SSSR count). The predicted octanol–water partition coefficient (Wildman–Crippen LogP) is 2.38. The molecule has 0 spiro atoms. The van der Waals surface area contributed by atoms with Gasteiger partial charge >= 0.3 is 0 Å². The van der Waals surface area contributed by atoms with E-state index >= 15 is 0 Å². The lowest BCUT2D eigenvalue weighted by atomic mass is 9.96. The molecule has 9 heteroatoms. The molecule has 8 nitrogen and oxygen atoms in total. The summed E-state index contributed by atoms with van der Waals surface area (Å²) >= 11 is 0. The Labute approximate surface area is 193 Å². The summed E-state index contributed by atoms with van der Waals surface area (Å²) < 4.78 is 27.9. The summed E-state index contributed by atoms with van der Waals surface area (Å²) in [5.74, 6) is 0.630. The molecule has 0 aliphatic carbocycles. The first kappa shape index (κ1) is 21.8. The number of rotatable bonds is 4. The van der Waals surface area contributed by atoms with Crippen LogP contribution in [0.5, 0.6) is 0 Å². The normalized spacial score (nSPS) is 20.2. The van der Waals surface area contributed by atoms with Crippen LogP contribution < -0.4 is 4.90 Å². The second-order valence-electron chi connectivity index (χ2n) is 8.57. The lowest BCUT2D eigenvalue weighted by molar-refractivity contribution is -0.137. The third kappa shape index (κ3) is 4.43. The van der Waals surface area contributed by atoms with Gasteiger partial charge in [-0.05, 0) is 41.8 Å². The van der Waals surface area contributed by atoms with E-state index in [1.165, 1.54) is 4.31 Å². The van der Waals surface area contributed by atoms with Crippen LogP contribution in [0.1, 0.15) is 12.8 Å². The second kappa shape index (κ2) is 9.07. The number of carbonyl (C=O) groups is 1. The molecule has 3 heterocycles. The molecule has 33 heavy (non-hydrogen) atoms. The van der Waals surface area contributed by atoms with Gasteiger partial charge in [0.25, 0.3) is 0 Å². The summed E-state index contributed by atoms with van der Waals surface area (Å²) in [6, 6.07) is 14.7. The summed E-state index contributed by atoms with van der Waals surface area (Å²) in [4.78, 5) is 26.0. The lowest BCUT2D eigenvalue weighted by Gasteiger charge is -2.38. The Morgan fingerprint density at radius 1 is 0.879 bits per heavy atom. The van der Waals surface area contributed by atoms with Crippen molar-refractivity contribution in [2.24, 2.45) is 5.92 Å². The Kier molecular flexibility index (Phi) is 5.99. The van der Waals surface area contributed by atoms with E-state index in [0.29, 0.717) is 43.6 Å². The number of fused-ring (bicyclic) bond motifs is 1. The monoisotopic (exact) mass is 465 g/mol. The highest BCUT2D eigenvalue weighted by Crippen LogP contribution is 2.25. The summed E-state index contributed by atoms with van der Waals surface area (Å²) in [6.45, 7) is 2.86. The average Bonchev–Trinajstić information content (AvgIpc) is 2.88. The van der Waals surface area contributed by atoms with E-state index in [9.17, 15) is 13.2 Å². The third-order valence-corrected chi connectivity index (χ3v) is 8.41. The minimum Gasteiger partial charge on any atom is -0.340 e. The molecule has 0 bridgehead atoms. The van der Waals surface area contributed by atoms with Crippen LogP contribution in [-0.2, 0) is 14.8 Å². The third-order valence-electron chi connectivity index (χ3n) is 6.51. The van der Waals surface area contributed by atoms with Crippen LogP contribution in [-0.4, -0.2) is 72.8 Å². The number of sulfonamides is 1. The van der Waals surface area contributed by atoms with Crippen molar-refractivity contribution in [3.05, 3.63) is 60.9 Å². The fraction of sp³-hybridized carbons (Fsp3) is 0.375. The molecule has 1 aromatic heterocycles. The summed E-state index contributed by atoms with van der Waals surface area (Å²) in [5.41, 5.74) is 0. The van der Waals surface area contributed by atoms with Gasteiger partial charge in [0.2, 0.25) is 21.9 Å². The van der Waals surface area contributed by atoms with Gasteiger partial charge in [-0.3, -0.25) is 4.79 Å². The number of hydrogen-bond donors (Lipinski definition) is 0. The number of amides is 1. The Balaban J connectivity index is 1.23. The first-order chi connectivity index (χ1) is 16.0. The lowest BCUT2D eigenvalue weighted by Crippen LogP contribution is -2.53. The van der Waals surface area contributed by atoms with E-state index < -0.39 is 10.0 Å². The highest BCUT2D eigenvalue weighted by atomic mass is 32.2. The molecule has 0 N–H and O–H groups in total.